The average molecular weight is 541 g/mol. The lowest BCUT2D eigenvalue weighted by atomic mass is 9.97. The van der Waals surface area contributed by atoms with Gasteiger partial charge in [0.1, 0.15) is 11.3 Å². The predicted molar refractivity (Wildman–Crippen MR) is 126 cm³/mol. The number of carbonyl (C=O) groups excluding carboxylic acids is 5. The second-order valence-electron chi connectivity index (χ2n) is 8.27. The Labute approximate surface area is 219 Å². The monoisotopic (exact) mass is 540 g/mol. The van der Waals surface area contributed by atoms with Gasteiger partial charge in [-0.3, -0.25) is 14.4 Å². The summed E-state index contributed by atoms with van der Waals surface area (Å²) in [4.78, 5) is 61.1. The standard InChI is InChI=1S/C25H32O13/c1-6-7-10-33-23(30)17-11-16(12-26)8-9-18(17)37-25-22(36-15(4)29)20(35-14(3)28)19(34-13(2)27)21(38-25)24(31)32-5/h8-9,11,19-22,25-26H,6-7,10,12H2,1-5H3/t19-,20-,21-,22+,25+/m0/s1. The van der Waals surface area contributed by atoms with Crippen molar-refractivity contribution in [3.8, 4) is 5.75 Å². The van der Waals surface area contributed by atoms with Crippen LogP contribution >= 0.6 is 0 Å². The largest absolute Gasteiger partial charge is 0.467 e. The maximum atomic E-state index is 12.8. The fourth-order valence-corrected chi connectivity index (χ4v) is 3.62. The molecule has 13 nitrogen and oxygen atoms in total. The van der Waals surface area contributed by atoms with Crippen LogP contribution in [-0.4, -0.2) is 79.4 Å². The summed E-state index contributed by atoms with van der Waals surface area (Å²) in [5.74, 6) is -4.40. The highest BCUT2D eigenvalue weighted by atomic mass is 16.7. The van der Waals surface area contributed by atoms with E-state index in [0.29, 0.717) is 12.0 Å². The number of rotatable bonds is 11. The van der Waals surface area contributed by atoms with Crippen LogP contribution in [-0.2, 0) is 54.2 Å². The van der Waals surface area contributed by atoms with E-state index in [0.717, 1.165) is 34.3 Å². The lowest BCUT2D eigenvalue weighted by Gasteiger charge is -2.43. The normalized spacial score (nSPS) is 22.5. The van der Waals surface area contributed by atoms with Crippen LogP contribution in [0.5, 0.6) is 5.75 Å². The number of hydrogen-bond acceptors (Lipinski definition) is 13. The molecule has 210 valence electrons. The van der Waals surface area contributed by atoms with E-state index in [1.807, 2.05) is 6.92 Å². The second-order valence-corrected chi connectivity index (χ2v) is 8.27. The molecule has 1 fully saturated rings. The lowest BCUT2D eigenvalue weighted by molar-refractivity contribution is -0.282. The van der Waals surface area contributed by atoms with Crippen molar-refractivity contribution in [2.45, 2.75) is 77.8 Å². The third-order valence-corrected chi connectivity index (χ3v) is 5.26. The average Bonchev–Trinajstić information content (AvgIpc) is 2.86. The van der Waals surface area contributed by atoms with Crippen LogP contribution in [0.3, 0.4) is 0 Å². The van der Waals surface area contributed by atoms with Crippen molar-refractivity contribution >= 4 is 29.8 Å². The van der Waals surface area contributed by atoms with Crippen molar-refractivity contribution in [3.63, 3.8) is 0 Å². The Morgan fingerprint density at radius 3 is 2.08 bits per heavy atom. The Hall–Kier alpha value is -3.71. The number of benzene rings is 1. The predicted octanol–water partition coefficient (Wildman–Crippen LogP) is 1.21. The zero-order valence-corrected chi connectivity index (χ0v) is 21.8. The quantitative estimate of drug-likeness (QED) is 0.241. The molecule has 1 heterocycles. The SMILES string of the molecule is CCCCOC(=O)c1cc(CO)ccc1O[C@@H]1O[C@H](C(=O)OC)[C@@H](OC(C)=O)[C@H](OC(C)=O)[C@H]1OC(C)=O. The molecule has 38 heavy (non-hydrogen) atoms. The van der Waals surface area contributed by atoms with E-state index in [1.54, 1.807) is 0 Å². The molecule has 1 aliphatic rings. The molecule has 1 aromatic carbocycles. The number of unbranched alkanes of at least 4 members (excludes halogenated alkanes) is 1. The van der Waals surface area contributed by atoms with Gasteiger partial charge in [0.2, 0.25) is 12.4 Å². The Bertz CT molecular complexity index is 1020. The van der Waals surface area contributed by atoms with Gasteiger partial charge >= 0.3 is 29.8 Å². The summed E-state index contributed by atoms with van der Waals surface area (Å²) in [6.07, 6.45) is -6.60. The van der Waals surface area contributed by atoms with Crippen LogP contribution < -0.4 is 4.74 Å². The topological polar surface area (TPSA) is 170 Å². The fourth-order valence-electron chi connectivity index (χ4n) is 3.62. The Balaban J connectivity index is 2.56. The van der Waals surface area contributed by atoms with E-state index >= 15 is 0 Å². The highest BCUT2D eigenvalue weighted by molar-refractivity contribution is 5.92. The summed E-state index contributed by atoms with van der Waals surface area (Å²) < 4.78 is 37.5. The fraction of sp³-hybridized carbons (Fsp3) is 0.560. The van der Waals surface area contributed by atoms with E-state index in [4.69, 9.17) is 33.2 Å². The number of aliphatic hydroxyl groups excluding tert-OH is 1. The van der Waals surface area contributed by atoms with Crippen molar-refractivity contribution in [2.75, 3.05) is 13.7 Å². The summed E-state index contributed by atoms with van der Waals surface area (Å²) in [5, 5.41) is 9.54. The van der Waals surface area contributed by atoms with Gasteiger partial charge in [0.05, 0.1) is 20.3 Å². The third-order valence-electron chi connectivity index (χ3n) is 5.26. The molecule has 0 aliphatic carbocycles. The second kappa shape index (κ2) is 14.3. The third kappa shape index (κ3) is 8.15. The molecule has 0 aromatic heterocycles. The van der Waals surface area contributed by atoms with Crippen molar-refractivity contribution < 1.29 is 62.2 Å². The van der Waals surface area contributed by atoms with Crippen LogP contribution in [0.4, 0.5) is 0 Å². The molecular weight excluding hydrogens is 508 g/mol. The zero-order valence-electron chi connectivity index (χ0n) is 21.8. The minimum absolute atomic E-state index is 0.0846. The number of aliphatic hydroxyl groups is 1. The molecule has 1 saturated heterocycles. The van der Waals surface area contributed by atoms with E-state index in [-0.39, 0.29) is 24.5 Å². The minimum atomic E-state index is -1.67. The van der Waals surface area contributed by atoms with Gasteiger partial charge in [0.25, 0.3) is 0 Å². The molecule has 1 aliphatic heterocycles. The Morgan fingerprint density at radius 2 is 1.53 bits per heavy atom. The summed E-state index contributed by atoms with van der Waals surface area (Å²) >= 11 is 0. The summed E-state index contributed by atoms with van der Waals surface area (Å²) in [7, 11) is 1.06. The highest BCUT2D eigenvalue weighted by Crippen LogP contribution is 2.33. The minimum Gasteiger partial charge on any atom is -0.467 e. The molecule has 0 spiro atoms. The van der Waals surface area contributed by atoms with Gasteiger partial charge in [-0.25, -0.2) is 9.59 Å². The summed E-state index contributed by atoms with van der Waals surface area (Å²) in [6, 6.07) is 4.16. The van der Waals surface area contributed by atoms with Crippen LogP contribution in [0.25, 0.3) is 0 Å². The molecule has 0 bridgehead atoms. The van der Waals surface area contributed by atoms with E-state index < -0.39 is 60.6 Å². The summed E-state index contributed by atoms with van der Waals surface area (Å²) in [6.45, 7) is 4.87. The Morgan fingerprint density at radius 1 is 0.921 bits per heavy atom. The number of carbonyl (C=O) groups is 5. The molecule has 0 radical (unpaired) electrons. The van der Waals surface area contributed by atoms with Crippen molar-refractivity contribution in [3.05, 3.63) is 29.3 Å². The van der Waals surface area contributed by atoms with Crippen molar-refractivity contribution in [1.29, 1.82) is 0 Å². The Kier molecular flexibility index (Phi) is 11.5. The molecule has 1 N–H and O–H groups in total. The highest BCUT2D eigenvalue weighted by Gasteiger charge is 2.56. The van der Waals surface area contributed by atoms with Gasteiger partial charge in [-0.05, 0) is 24.1 Å². The summed E-state index contributed by atoms with van der Waals surface area (Å²) in [5.41, 5.74) is 0.291. The molecule has 0 unspecified atom stereocenters. The molecule has 2 rings (SSSR count). The van der Waals surface area contributed by atoms with Gasteiger partial charge < -0.3 is 38.3 Å². The zero-order chi connectivity index (χ0) is 28.4. The molecule has 1 aromatic rings. The van der Waals surface area contributed by atoms with Gasteiger partial charge in [-0.1, -0.05) is 19.4 Å². The first-order chi connectivity index (χ1) is 18.0. The van der Waals surface area contributed by atoms with Gasteiger partial charge in [-0.15, -0.1) is 0 Å². The maximum absolute atomic E-state index is 12.8. The number of ether oxygens (including phenoxy) is 7. The van der Waals surface area contributed by atoms with Crippen LogP contribution in [0, 0.1) is 0 Å². The molecule has 5 atom stereocenters. The van der Waals surface area contributed by atoms with Gasteiger partial charge in [0.15, 0.2) is 18.3 Å². The molecule has 0 amide bonds. The van der Waals surface area contributed by atoms with Crippen LogP contribution in [0.1, 0.15) is 56.5 Å². The lowest BCUT2D eigenvalue weighted by Crippen LogP contribution is -2.64. The van der Waals surface area contributed by atoms with E-state index in [9.17, 15) is 29.1 Å². The van der Waals surface area contributed by atoms with E-state index in [1.165, 1.54) is 18.2 Å². The van der Waals surface area contributed by atoms with Crippen LogP contribution in [0.15, 0.2) is 18.2 Å². The molecular formula is C25H32O13. The number of methoxy groups -OCH3 is 1. The van der Waals surface area contributed by atoms with Crippen molar-refractivity contribution in [2.24, 2.45) is 0 Å². The number of hydrogen-bond donors (Lipinski definition) is 1. The first-order valence-corrected chi connectivity index (χ1v) is 11.8. The number of esters is 5. The first-order valence-electron chi connectivity index (χ1n) is 11.8. The first kappa shape index (κ1) is 30.5. The van der Waals surface area contributed by atoms with Crippen molar-refractivity contribution in [1.82, 2.24) is 0 Å². The molecule has 13 heteroatoms. The van der Waals surface area contributed by atoms with E-state index in [2.05, 4.69) is 0 Å². The maximum Gasteiger partial charge on any atom is 0.341 e. The van der Waals surface area contributed by atoms with Gasteiger partial charge in [-0.2, -0.15) is 0 Å². The van der Waals surface area contributed by atoms with Crippen LogP contribution in [0.2, 0.25) is 0 Å². The smallest absolute Gasteiger partial charge is 0.341 e. The molecule has 0 saturated carbocycles. The van der Waals surface area contributed by atoms with Gasteiger partial charge in [0, 0.05) is 20.8 Å².